The van der Waals surface area contributed by atoms with Crippen LogP contribution >= 0.6 is 0 Å². The summed E-state index contributed by atoms with van der Waals surface area (Å²) in [5.74, 6) is 0.512. The van der Waals surface area contributed by atoms with Crippen LogP contribution in [0.1, 0.15) is 28.1 Å². The first kappa shape index (κ1) is 13.2. The molecule has 2 heterocycles. The minimum Gasteiger partial charge on any atom is -0.450 e. The Kier molecular flexibility index (Phi) is 3.49. The molecule has 1 fully saturated rings. The SMILES string of the molecule is Cc1c(C(=O)N2CCCNCC2)oc2c(C)cccc12. The van der Waals surface area contributed by atoms with Gasteiger partial charge in [-0.3, -0.25) is 4.79 Å². The molecule has 106 valence electrons. The van der Waals surface area contributed by atoms with Gasteiger partial charge in [0.05, 0.1) is 0 Å². The molecule has 0 spiro atoms. The van der Waals surface area contributed by atoms with Crippen LogP contribution in [0.2, 0.25) is 0 Å². The number of para-hydroxylation sites is 1. The number of carbonyl (C=O) groups excluding carboxylic acids is 1. The summed E-state index contributed by atoms with van der Waals surface area (Å²) in [7, 11) is 0. The fraction of sp³-hybridized carbons (Fsp3) is 0.438. The highest BCUT2D eigenvalue weighted by atomic mass is 16.3. The number of benzene rings is 1. The molecule has 3 rings (SSSR count). The number of furan rings is 1. The molecule has 2 aromatic rings. The lowest BCUT2D eigenvalue weighted by molar-refractivity contribution is 0.0736. The van der Waals surface area contributed by atoms with Crippen molar-refractivity contribution in [1.82, 2.24) is 10.2 Å². The van der Waals surface area contributed by atoms with Gasteiger partial charge in [0, 0.05) is 30.6 Å². The highest BCUT2D eigenvalue weighted by Gasteiger charge is 2.24. The molecule has 1 aliphatic rings. The van der Waals surface area contributed by atoms with Gasteiger partial charge in [0.15, 0.2) is 5.76 Å². The number of rotatable bonds is 1. The van der Waals surface area contributed by atoms with E-state index in [1.807, 2.05) is 36.9 Å². The van der Waals surface area contributed by atoms with Crippen LogP contribution in [0.15, 0.2) is 22.6 Å². The zero-order valence-electron chi connectivity index (χ0n) is 12.0. The summed E-state index contributed by atoms with van der Waals surface area (Å²) in [6, 6.07) is 6.03. The quantitative estimate of drug-likeness (QED) is 0.867. The predicted molar refractivity (Wildman–Crippen MR) is 79.1 cm³/mol. The molecule has 4 nitrogen and oxygen atoms in total. The molecule has 1 aromatic heterocycles. The molecule has 0 atom stereocenters. The van der Waals surface area contributed by atoms with Crippen molar-refractivity contribution in [2.45, 2.75) is 20.3 Å². The predicted octanol–water partition coefficient (Wildman–Crippen LogP) is 2.49. The first-order valence-electron chi connectivity index (χ1n) is 7.17. The van der Waals surface area contributed by atoms with Crippen molar-refractivity contribution in [3.8, 4) is 0 Å². The highest BCUT2D eigenvalue weighted by Crippen LogP contribution is 2.28. The Bertz CT molecular complexity index is 637. The Morgan fingerprint density at radius 1 is 1.25 bits per heavy atom. The molecule has 1 saturated heterocycles. The van der Waals surface area contributed by atoms with Crippen molar-refractivity contribution < 1.29 is 9.21 Å². The van der Waals surface area contributed by atoms with Gasteiger partial charge in [-0.15, -0.1) is 0 Å². The largest absolute Gasteiger partial charge is 0.450 e. The maximum Gasteiger partial charge on any atom is 0.289 e. The zero-order valence-corrected chi connectivity index (χ0v) is 12.0. The summed E-state index contributed by atoms with van der Waals surface area (Å²) >= 11 is 0. The average Bonchev–Trinajstić information content (AvgIpc) is 2.66. The van der Waals surface area contributed by atoms with Crippen LogP contribution in [0.4, 0.5) is 0 Å². The van der Waals surface area contributed by atoms with E-state index in [0.29, 0.717) is 5.76 Å². The molecule has 20 heavy (non-hydrogen) atoms. The molecule has 1 aliphatic heterocycles. The van der Waals surface area contributed by atoms with E-state index in [2.05, 4.69) is 5.32 Å². The van der Waals surface area contributed by atoms with Gasteiger partial charge in [0.2, 0.25) is 0 Å². The van der Waals surface area contributed by atoms with Crippen LogP contribution < -0.4 is 5.32 Å². The second kappa shape index (κ2) is 5.29. The lowest BCUT2D eigenvalue weighted by Gasteiger charge is -2.18. The number of aryl methyl sites for hydroxylation is 2. The monoisotopic (exact) mass is 272 g/mol. The van der Waals surface area contributed by atoms with Gasteiger partial charge < -0.3 is 14.6 Å². The number of fused-ring (bicyclic) bond motifs is 1. The van der Waals surface area contributed by atoms with E-state index >= 15 is 0 Å². The van der Waals surface area contributed by atoms with Crippen LogP contribution in [0.25, 0.3) is 11.0 Å². The lowest BCUT2D eigenvalue weighted by atomic mass is 10.1. The van der Waals surface area contributed by atoms with Gasteiger partial charge in [0.1, 0.15) is 5.58 Å². The fourth-order valence-electron chi connectivity index (χ4n) is 2.78. The number of hydrogen-bond acceptors (Lipinski definition) is 3. The van der Waals surface area contributed by atoms with Crippen LogP contribution in [0.5, 0.6) is 0 Å². The molecular weight excluding hydrogens is 252 g/mol. The van der Waals surface area contributed by atoms with E-state index in [9.17, 15) is 4.79 Å². The normalized spacial score (nSPS) is 16.4. The Morgan fingerprint density at radius 2 is 2.10 bits per heavy atom. The smallest absolute Gasteiger partial charge is 0.289 e. The van der Waals surface area contributed by atoms with Crippen LogP contribution in [-0.4, -0.2) is 37.0 Å². The fourth-order valence-corrected chi connectivity index (χ4v) is 2.78. The van der Waals surface area contributed by atoms with Crippen LogP contribution in [0.3, 0.4) is 0 Å². The highest BCUT2D eigenvalue weighted by molar-refractivity contribution is 5.99. The van der Waals surface area contributed by atoms with E-state index in [4.69, 9.17) is 4.42 Å². The molecule has 1 aromatic carbocycles. The second-order valence-corrected chi connectivity index (χ2v) is 5.40. The number of nitrogens with zero attached hydrogens (tertiary/aromatic N) is 1. The first-order valence-corrected chi connectivity index (χ1v) is 7.17. The van der Waals surface area contributed by atoms with E-state index in [1.165, 1.54) is 0 Å². The Morgan fingerprint density at radius 3 is 2.90 bits per heavy atom. The van der Waals surface area contributed by atoms with Crippen molar-refractivity contribution in [2.24, 2.45) is 0 Å². The van der Waals surface area contributed by atoms with E-state index < -0.39 is 0 Å². The third kappa shape index (κ3) is 2.20. The molecule has 0 aliphatic carbocycles. The summed E-state index contributed by atoms with van der Waals surface area (Å²) in [6.07, 6.45) is 0.990. The molecule has 0 unspecified atom stereocenters. The topological polar surface area (TPSA) is 45.5 Å². The van der Waals surface area contributed by atoms with E-state index in [0.717, 1.165) is 54.7 Å². The summed E-state index contributed by atoms with van der Waals surface area (Å²) in [5, 5.41) is 4.35. The van der Waals surface area contributed by atoms with E-state index in [1.54, 1.807) is 0 Å². The average molecular weight is 272 g/mol. The van der Waals surface area contributed by atoms with Gasteiger partial charge in [0.25, 0.3) is 5.91 Å². The van der Waals surface area contributed by atoms with Crippen molar-refractivity contribution in [3.05, 3.63) is 35.1 Å². The molecule has 1 amide bonds. The van der Waals surface area contributed by atoms with Gasteiger partial charge in [-0.1, -0.05) is 18.2 Å². The molecule has 0 saturated carbocycles. The molecule has 1 N–H and O–H groups in total. The summed E-state index contributed by atoms with van der Waals surface area (Å²) in [4.78, 5) is 14.5. The Hall–Kier alpha value is -1.81. The first-order chi connectivity index (χ1) is 9.68. The molecular formula is C16H20N2O2. The second-order valence-electron chi connectivity index (χ2n) is 5.40. The minimum absolute atomic E-state index is 0.0156. The Balaban J connectivity index is 1.99. The van der Waals surface area contributed by atoms with Crippen molar-refractivity contribution in [1.29, 1.82) is 0 Å². The third-order valence-electron chi connectivity index (χ3n) is 3.98. The third-order valence-corrected chi connectivity index (χ3v) is 3.98. The van der Waals surface area contributed by atoms with Gasteiger partial charge in [-0.2, -0.15) is 0 Å². The lowest BCUT2D eigenvalue weighted by Crippen LogP contribution is -2.34. The van der Waals surface area contributed by atoms with Gasteiger partial charge in [-0.05, 0) is 32.4 Å². The van der Waals surface area contributed by atoms with Crippen molar-refractivity contribution >= 4 is 16.9 Å². The maximum absolute atomic E-state index is 12.7. The van der Waals surface area contributed by atoms with Crippen LogP contribution in [-0.2, 0) is 0 Å². The summed E-state index contributed by atoms with van der Waals surface area (Å²) in [5.41, 5.74) is 2.86. The number of nitrogens with one attached hydrogen (secondary N) is 1. The van der Waals surface area contributed by atoms with Crippen molar-refractivity contribution in [3.63, 3.8) is 0 Å². The minimum atomic E-state index is 0.0156. The molecule has 0 bridgehead atoms. The summed E-state index contributed by atoms with van der Waals surface area (Å²) < 4.78 is 5.87. The standard InChI is InChI=1S/C16H20N2O2/c1-11-5-3-6-13-12(2)15(20-14(11)13)16(19)18-9-4-7-17-8-10-18/h3,5-6,17H,4,7-10H2,1-2H3. The molecule has 0 radical (unpaired) electrons. The number of amides is 1. The van der Waals surface area contributed by atoms with Crippen LogP contribution in [0, 0.1) is 13.8 Å². The number of carbonyl (C=O) groups is 1. The zero-order chi connectivity index (χ0) is 14.1. The molecule has 4 heteroatoms. The Labute approximate surface area is 118 Å². The van der Waals surface area contributed by atoms with Gasteiger partial charge in [-0.25, -0.2) is 0 Å². The number of hydrogen-bond donors (Lipinski definition) is 1. The van der Waals surface area contributed by atoms with Crippen molar-refractivity contribution in [2.75, 3.05) is 26.2 Å². The van der Waals surface area contributed by atoms with Gasteiger partial charge >= 0.3 is 0 Å². The maximum atomic E-state index is 12.7. The summed E-state index contributed by atoms with van der Waals surface area (Å²) in [6.45, 7) is 7.34. The van der Waals surface area contributed by atoms with E-state index in [-0.39, 0.29) is 5.91 Å².